The SMILES string of the molecule is CN=Nc1ccc2c(O)c(N=Nc3cc(C)c(N=NC)cc3C)c(S(=O)(=O)O)c(C)c2c1. The largest absolute Gasteiger partial charge is 0.505 e. The molecule has 0 spiro atoms. The molecule has 11 heteroatoms. The normalized spacial score (nSPS) is 12.7. The number of azo groups is 3. The van der Waals surface area contributed by atoms with Crippen LogP contribution < -0.4 is 0 Å². The minimum atomic E-state index is -4.74. The van der Waals surface area contributed by atoms with Gasteiger partial charge in [-0.1, -0.05) is 0 Å². The van der Waals surface area contributed by atoms with Crippen molar-refractivity contribution >= 4 is 43.6 Å². The van der Waals surface area contributed by atoms with Crippen molar-refractivity contribution in [3.8, 4) is 5.75 Å². The monoisotopic (exact) mass is 454 g/mol. The van der Waals surface area contributed by atoms with Gasteiger partial charge in [0, 0.05) is 19.5 Å². The Morgan fingerprint density at radius 1 is 0.781 bits per heavy atom. The van der Waals surface area contributed by atoms with E-state index in [9.17, 15) is 18.1 Å². The number of nitrogens with zero attached hydrogens (tertiary/aromatic N) is 6. The van der Waals surface area contributed by atoms with E-state index in [1.807, 2.05) is 6.92 Å². The summed E-state index contributed by atoms with van der Waals surface area (Å²) in [6, 6.07) is 8.27. The minimum Gasteiger partial charge on any atom is -0.505 e. The highest BCUT2D eigenvalue weighted by Gasteiger charge is 2.26. The molecule has 166 valence electrons. The molecule has 0 atom stereocenters. The molecule has 3 aromatic carbocycles. The lowest BCUT2D eigenvalue weighted by molar-refractivity contribution is 0.471. The van der Waals surface area contributed by atoms with Gasteiger partial charge in [0.05, 0.1) is 17.1 Å². The van der Waals surface area contributed by atoms with E-state index in [0.717, 1.165) is 11.1 Å². The van der Waals surface area contributed by atoms with Crippen LogP contribution in [0.3, 0.4) is 0 Å². The number of benzene rings is 3. The van der Waals surface area contributed by atoms with Crippen LogP contribution in [0, 0.1) is 20.8 Å². The first kappa shape index (κ1) is 23.1. The molecule has 0 unspecified atom stereocenters. The van der Waals surface area contributed by atoms with Crippen molar-refractivity contribution in [2.24, 2.45) is 30.7 Å². The van der Waals surface area contributed by atoms with E-state index in [1.165, 1.54) is 14.0 Å². The zero-order valence-electron chi connectivity index (χ0n) is 18.2. The summed E-state index contributed by atoms with van der Waals surface area (Å²) >= 11 is 0. The average Bonchev–Trinajstić information content (AvgIpc) is 2.72. The highest BCUT2D eigenvalue weighted by Crippen LogP contribution is 2.45. The minimum absolute atomic E-state index is 0.203. The highest BCUT2D eigenvalue weighted by molar-refractivity contribution is 7.86. The molecule has 0 saturated carbocycles. The van der Waals surface area contributed by atoms with Gasteiger partial charge in [-0.25, -0.2) is 0 Å². The van der Waals surface area contributed by atoms with Gasteiger partial charge in [-0.05, 0) is 73.2 Å². The number of fused-ring (bicyclic) bond motifs is 1. The van der Waals surface area contributed by atoms with Gasteiger partial charge in [0.15, 0.2) is 5.75 Å². The third-order valence-corrected chi connectivity index (χ3v) is 5.91. The Morgan fingerprint density at radius 2 is 1.38 bits per heavy atom. The molecule has 0 heterocycles. The fraction of sp³-hybridized carbons (Fsp3) is 0.238. The number of rotatable bonds is 5. The number of phenolic OH excluding ortho intramolecular Hbond substituents is 1. The van der Waals surface area contributed by atoms with Gasteiger partial charge in [-0.2, -0.15) is 34.0 Å². The molecule has 0 radical (unpaired) electrons. The third-order valence-electron chi connectivity index (χ3n) is 4.90. The van der Waals surface area contributed by atoms with Crippen LogP contribution in [0.2, 0.25) is 0 Å². The Hall–Kier alpha value is -3.57. The molecule has 0 aliphatic heterocycles. The van der Waals surface area contributed by atoms with Crippen LogP contribution in [-0.4, -0.2) is 32.2 Å². The Morgan fingerprint density at radius 3 is 1.94 bits per heavy atom. The Balaban J connectivity index is 2.28. The summed E-state index contributed by atoms with van der Waals surface area (Å²) in [6.07, 6.45) is 0. The predicted octanol–water partition coefficient (Wildman–Crippen LogP) is 6.56. The maximum absolute atomic E-state index is 12.2. The van der Waals surface area contributed by atoms with Crippen molar-refractivity contribution in [1.29, 1.82) is 0 Å². The lowest BCUT2D eigenvalue weighted by Crippen LogP contribution is -2.02. The van der Waals surface area contributed by atoms with Crippen molar-refractivity contribution in [3.05, 3.63) is 47.0 Å². The summed E-state index contributed by atoms with van der Waals surface area (Å²) < 4.78 is 34.3. The van der Waals surface area contributed by atoms with Crippen LogP contribution >= 0.6 is 0 Å². The molecule has 32 heavy (non-hydrogen) atoms. The molecule has 0 aliphatic carbocycles. The van der Waals surface area contributed by atoms with E-state index in [0.29, 0.717) is 27.8 Å². The van der Waals surface area contributed by atoms with Crippen molar-refractivity contribution in [1.82, 2.24) is 0 Å². The molecule has 0 aliphatic rings. The van der Waals surface area contributed by atoms with Crippen LogP contribution in [-0.2, 0) is 10.1 Å². The second-order valence-corrected chi connectivity index (χ2v) is 8.44. The van der Waals surface area contributed by atoms with Gasteiger partial charge in [-0.3, -0.25) is 4.55 Å². The summed E-state index contributed by atoms with van der Waals surface area (Å²) in [5, 5.41) is 35.2. The molecular weight excluding hydrogens is 432 g/mol. The summed E-state index contributed by atoms with van der Waals surface area (Å²) in [7, 11) is -1.66. The molecule has 0 aromatic heterocycles. The standard InChI is InChI=1S/C21H22N6O4S/c1-11-9-18(12(2)8-17(11)25-23-5)26-27-19-20(28)15-7-6-14(24-22-4)10-16(15)13(3)21(19)32(29,30)31/h6-10,28H,1-5H3,(H,29,30,31). The summed E-state index contributed by atoms with van der Waals surface area (Å²) in [5.74, 6) is -0.423. The van der Waals surface area contributed by atoms with Crippen LogP contribution in [0.15, 0.2) is 65.9 Å². The first-order valence-electron chi connectivity index (χ1n) is 9.48. The smallest absolute Gasteiger partial charge is 0.297 e. The zero-order chi connectivity index (χ0) is 23.6. The molecule has 0 fully saturated rings. The van der Waals surface area contributed by atoms with E-state index < -0.39 is 20.8 Å². The zero-order valence-corrected chi connectivity index (χ0v) is 19.0. The first-order valence-corrected chi connectivity index (χ1v) is 10.9. The topological polar surface area (TPSA) is 149 Å². The van der Waals surface area contributed by atoms with E-state index in [2.05, 4.69) is 30.7 Å². The third kappa shape index (κ3) is 4.39. The predicted molar refractivity (Wildman–Crippen MR) is 121 cm³/mol. The first-order chi connectivity index (χ1) is 15.1. The second kappa shape index (κ2) is 8.89. The average molecular weight is 455 g/mol. The van der Waals surface area contributed by atoms with Crippen molar-refractivity contribution in [2.75, 3.05) is 14.1 Å². The molecular formula is C21H22N6O4S. The van der Waals surface area contributed by atoms with Crippen LogP contribution in [0.25, 0.3) is 10.8 Å². The van der Waals surface area contributed by atoms with Gasteiger partial charge in [0.25, 0.3) is 10.1 Å². The Kier molecular flexibility index (Phi) is 6.42. The quantitative estimate of drug-likeness (QED) is 0.331. The van der Waals surface area contributed by atoms with Crippen molar-refractivity contribution in [2.45, 2.75) is 25.7 Å². The summed E-state index contributed by atoms with van der Waals surface area (Å²) in [4.78, 5) is -0.525. The highest BCUT2D eigenvalue weighted by atomic mass is 32.2. The van der Waals surface area contributed by atoms with Gasteiger partial charge < -0.3 is 5.11 Å². The van der Waals surface area contributed by atoms with Gasteiger partial charge in [-0.15, -0.1) is 5.11 Å². The fourth-order valence-electron chi connectivity index (χ4n) is 3.38. The maximum Gasteiger partial charge on any atom is 0.297 e. The van der Waals surface area contributed by atoms with Crippen LogP contribution in [0.4, 0.5) is 22.7 Å². The van der Waals surface area contributed by atoms with Crippen molar-refractivity contribution in [3.63, 3.8) is 0 Å². The van der Waals surface area contributed by atoms with Crippen molar-refractivity contribution < 1.29 is 18.1 Å². The van der Waals surface area contributed by atoms with Crippen LogP contribution in [0.1, 0.15) is 16.7 Å². The number of hydrogen-bond acceptors (Lipinski definition) is 9. The van der Waals surface area contributed by atoms with E-state index in [4.69, 9.17) is 0 Å². The molecule has 2 N–H and O–H groups in total. The lowest BCUT2D eigenvalue weighted by atomic mass is 10.0. The second-order valence-electron chi connectivity index (χ2n) is 7.08. The molecule has 0 saturated heterocycles. The molecule has 10 nitrogen and oxygen atoms in total. The Labute approximate surface area is 185 Å². The Bertz CT molecular complexity index is 1410. The van der Waals surface area contributed by atoms with Gasteiger partial charge >= 0.3 is 0 Å². The number of phenols is 1. The van der Waals surface area contributed by atoms with Gasteiger partial charge in [0.2, 0.25) is 0 Å². The maximum atomic E-state index is 12.2. The van der Waals surface area contributed by atoms with E-state index in [-0.39, 0.29) is 11.3 Å². The van der Waals surface area contributed by atoms with Gasteiger partial charge in [0.1, 0.15) is 10.6 Å². The van der Waals surface area contributed by atoms with Crippen LogP contribution in [0.5, 0.6) is 5.75 Å². The summed E-state index contributed by atoms with van der Waals surface area (Å²) in [5.41, 5.74) is 2.96. The lowest BCUT2D eigenvalue weighted by Gasteiger charge is -2.13. The van der Waals surface area contributed by atoms with E-state index >= 15 is 0 Å². The molecule has 0 bridgehead atoms. The number of aromatic hydroxyl groups is 1. The molecule has 0 amide bonds. The number of hydrogen-bond donors (Lipinski definition) is 2. The molecule has 3 rings (SSSR count). The van der Waals surface area contributed by atoms with E-state index in [1.54, 1.807) is 44.3 Å². The molecule has 3 aromatic rings. The fourth-order valence-corrected chi connectivity index (χ4v) is 4.26. The number of aryl methyl sites for hydroxylation is 3. The summed E-state index contributed by atoms with van der Waals surface area (Å²) in [6.45, 7) is 5.13.